The highest BCUT2D eigenvalue weighted by Crippen LogP contribution is 2.22. The molecule has 2 aromatic rings. The topological polar surface area (TPSA) is 46.5 Å². The van der Waals surface area contributed by atoms with E-state index < -0.39 is 23.4 Å². The van der Waals surface area contributed by atoms with Crippen LogP contribution in [-0.2, 0) is 6.61 Å². The second-order valence-corrected chi connectivity index (χ2v) is 3.84. The van der Waals surface area contributed by atoms with Gasteiger partial charge < -0.3 is 9.84 Å². The molecule has 0 unspecified atom stereocenters. The van der Waals surface area contributed by atoms with Crippen molar-refractivity contribution in [3.8, 4) is 5.75 Å². The molecule has 0 fully saturated rings. The fourth-order valence-corrected chi connectivity index (χ4v) is 1.57. The van der Waals surface area contributed by atoms with Crippen LogP contribution >= 0.6 is 0 Å². The molecular formula is C14H10F2O3. The van der Waals surface area contributed by atoms with Gasteiger partial charge in [-0.1, -0.05) is 18.2 Å². The van der Waals surface area contributed by atoms with Crippen molar-refractivity contribution in [3.05, 3.63) is 65.2 Å². The van der Waals surface area contributed by atoms with Gasteiger partial charge in [-0.3, -0.25) is 0 Å². The molecule has 0 aliphatic rings. The van der Waals surface area contributed by atoms with Crippen molar-refractivity contribution in [2.24, 2.45) is 0 Å². The van der Waals surface area contributed by atoms with Crippen molar-refractivity contribution in [1.29, 1.82) is 0 Å². The third-order valence-corrected chi connectivity index (χ3v) is 2.48. The molecule has 2 rings (SSSR count). The zero-order chi connectivity index (χ0) is 13.8. The Morgan fingerprint density at radius 3 is 2.37 bits per heavy atom. The number of halogens is 2. The minimum Gasteiger partial charge on any atom is -0.483 e. The van der Waals surface area contributed by atoms with Crippen molar-refractivity contribution in [3.63, 3.8) is 0 Å². The van der Waals surface area contributed by atoms with Gasteiger partial charge in [0.05, 0.1) is 5.56 Å². The molecule has 0 saturated heterocycles. The van der Waals surface area contributed by atoms with Crippen LogP contribution in [0.25, 0.3) is 0 Å². The van der Waals surface area contributed by atoms with Gasteiger partial charge in [0.25, 0.3) is 0 Å². The summed E-state index contributed by atoms with van der Waals surface area (Å²) < 4.78 is 31.6. The van der Waals surface area contributed by atoms with Crippen LogP contribution in [-0.4, -0.2) is 11.1 Å². The van der Waals surface area contributed by atoms with Crippen LogP contribution in [0.2, 0.25) is 0 Å². The summed E-state index contributed by atoms with van der Waals surface area (Å²) in [5.41, 5.74) is 0.609. The molecule has 5 heteroatoms. The molecule has 2 aromatic carbocycles. The van der Waals surface area contributed by atoms with Crippen molar-refractivity contribution < 1.29 is 23.4 Å². The van der Waals surface area contributed by atoms with E-state index in [0.29, 0.717) is 5.56 Å². The molecule has 3 nitrogen and oxygen atoms in total. The summed E-state index contributed by atoms with van der Waals surface area (Å²) in [6.45, 7) is -0.112. The van der Waals surface area contributed by atoms with Crippen LogP contribution in [0.5, 0.6) is 5.75 Å². The number of ether oxygens (including phenoxy) is 1. The number of rotatable bonds is 4. The summed E-state index contributed by atoms with van der Waals surface area (Å²) in [5, 5.41) is 8.82. The summed E-state index contributed by atoms with van der Waals surface area (Å²) >= 11 is 0. The number of hydrogen-bond donors (Lipinski definition) is 1. The van der Waals surface area contributed by atoms with Crippen molar-refractivity contribution >= 4 is 5.97 Å². The van der Waals surface area contributed by atoms with Gasteiger partial charge in [-0.25, -0.2) is 13.6 Å². The summed E-state index contributed by atoms with van der Waals surface area (Å²) in [5.74, 6) is -3.13. The Bertz CT molecular complexity index is 591. The molecular weight excluding hydrogens is 254 g/mol. The minimum atomic E-state index is -1.07. The highest BCUT2D eigenvalue weighted by molar-refractivity contribution is 5.87. The van der Waals surface area contributed by atoms with Gasteiger partial charge in [0.15, 0.2) is 17.4 Å². The predicted molar refractivity (Wildman–Crippen MR) is 64.1 cm³/mol. The van der Waals surface area contributed by atoms with Gasteiger partial charge in [0.2, 0.25) is 0 Å². The van der Waals surface area contributed by atoms with Gasteiger partial charge in [-0.15, -0.1) is 0 Å². The predicted octanol–water partition coefficient (Wildman–Crippen LogP) is 3.24. The van der Waals surface area contributed by atoms with Crippen LogP contribution < -0.4 is 4.74 Å². The van der Waals surface area contributed by atoms with Crippen molar-refractivity contribution in [1.82, 2.24) is 0 Å². The molecule has 0 bridgehead atoms. The number of para-hydroxylation sites is 1. The summed E-state index contributed by atoms with van der Waals surface area (Å²) in [6, 6.07) is 9.39. The third-order valence-electron chi connectivity index (χ3n) is 2.48. The Balaban J connectivity index is 2.15. The molecule has 1 N–H and O–H groups in total. The molecule has 0 heterocycles. The smallest absolute Gasteiger partial charge is 0.335 e. The number of carboxylic acids is 1. The largest absolute Gasteiger partial charge is 0.483 e. The van der Waals surface area contributed by atoms with E-state index in [1.165, 1.54) is 18.2 Å². The van der Waals surface area contributed by atoms with E-state index in [0.717, 1.165) is 12.1 Å². The van der Waals surface area contributed by atoms with Crippen LogP contribution in [0.15, 0.2) is 42.5 Å². The lowest BCUT2D eigenvalue weighted by Gasteiger charge is -2.08. The summed E-state index contributed by atoms with van der Waals surface area (Å²) in [6.07, 6.45) is 0. The molecule has 19 heavy (non-hydrogen) atoms. The Morgan fingerprint density at radius 2 is 1.74 bits per heavy atom. The van der Waals surface area contributed by atoms with Gasteiger partial charge >= 0.3 is 5.97 Å². The first-order valence-corrected chi connectivity index (χ1v) is 5.47. The molecule has 0 atom stereocenters. The van der Waals surface area contributed by atoms with E-state index in [4.69, 9.17) is 9.84 Å². The zero-order valence-electron chi connectivity index (χ0n) is 9.77. The maximum Gasteiger partial charge on any atom is 0.335 e. The van der Waals surface area contributed by atoms with Gasteiger partial charge in [0, 0.05) is 0 Å². The average molecular weight is 264 g/mol. The third kappa shape index (κ3) is 3.07. The van der Waals surface area contributed by atoms with Gasteiger partial charge in [-0.05, 0) is 29.8 Å². The molecule has 0 aliphatic heterocycles. The van der Waals surface area contributed by atoms with Crippen molar-refractivity contribution in [2.75, 3.05) is 0 Å². The number of carbonyl (C=O) groups is 1. The fourth-order valence-electron chi connectivity index (χ4n) is 1.57. The summed E-state index contributed by atoms with van der Waals surface area (Å²) in [7, 11) is 0. The number of benzene rings is 2. The van der Waals surface area contributed by atoms with Crippen LogP contribution in [0, 0.1) is 11.6 Å². The Kier molecular flexibility index (Phi) is 3.75. The monoisotopic (exact) mass is 264 g/mol. The normalized spacial score (nSPS) is 10.2. The SMILES string of the molecule is O=C(O)c1cccc(COc2c(F)cccc2F)c1. The van der Waals surface area contributed by atoms with E-state index in [-0.39, 0.29) is 12.2 Å². The molecule has 0 aromatic heterocycles. The van der Waals surface area contributed by atoms with E-state index in [9.17, 15) is 13.6 Å². The van der Waals surface area contributed by atoms with Crippen LogP contribution in [0.3, 0.4) is 0 Å². The number of hydrogen-bond acceptors (Lipinski definition) is 2. The zero-order valence-corrected chi connectivity index (χ0v) is 9.77. The Morgan fingerprint density at radius 1 is 1.11 bits per heavy atom. The van der Waals surface area contributed by atoms with E-state index >= 15 is 0 Å². The second-order valence-electron chi connectivity index (χ2n) is 3.84. The average Bonchev–Trinajstić information content (AvgIpc) is 2.38. The van der Waals surface area contributed by atoms with Crippen molar-refractivity contribution in [2.45, 2.75) is 6.61 Å². The van der Waals surface area contributed by atoms with Gasteiger partial charge in [-0.2, -0.15) is 0 Å². The standard InChI is InChI=1S/C14H10F2O3/c15-11-5-2-6-12(16)13(11)19-8-9-3-1-4-10(7-9)14(17)18/h1-7H,8H2,(H,17,18). The Hall–Kier alpha value is -2.43. The molecule has 0 aliphatic carbocycles. The first-order valence-electron chi connectivity index (χ1n) is 5.47. The first-order chi connectivity index (χ1) is 9.08. The summed E-state index contributed by atoms with van der Waals surface area (Å²) in [4.78, 5) is 10.8. The minimum absolute atomic E-state index is 0.0927. The highest BCUT2D eigenvalue weighted by Gasteiger charge is 2.10. The maximum absolute atomic E-state index is 13.3. The van der Waals surface area contributed by atoms with E-state index in [2.05, 4.69) is 0 Å². The molecule has 98 valence electrons. The molecule has 0 saturated carbocycles. The van der Waals surface area contributed by atoms with Crippen LogP contribution in [0.4, 0.5) is 8.78 Å². The van der Waals surface area contributed by atoms with E-state index in [1.807, 2.05) is 0 Å². The molecule has 0 spiro atoms. The lowest BCUT2D eigenvalue weighted by molar-refractivity contribution is 0.0696. The lowest BCUT2D eigenvalue weighted by Crippen LogP contribution is -2.02. The van der Waals surface area contributed by atoms with Gasteiger partial charge in [0.1, 0.15) is 6.61 Å². The number of aromatic carboxylic acids is 1. The molecule has 0 radical (unpaired) electrons. The van der Waals surface area contributed by atoms with Crippen LogP contribution in [0.1, 0.15) is 15.9 Å². The van der Waals surface area contributed by atoms with E-state index in [1.54, 1.807) is 12.1 Å². The maximum atomic E-state index is 13.3. The quantitative estimate of drug-likeness (QED) is 0.922. The highest BCUT2D eigenvalue weighted by atomic mass is 19.1. The first kappa shape index (κ1) is 13.0. The Labute approximate surface area is 108 Å². The lowest BCUT2D eigenvalue weighted by atomic mass is 10.1. The molecule has 0 amide bonds. The second kappa shape index (κ2) is 5.48. The fraction of sp³-hybridized carbons (Fsp3) is 0.0714. The number of carboxylic acid groups (broad SMARTS) is 1.